The molecule has 0 spiro atoms. The molecule has 11 rings (SSSR count). The van der Waals surface area contributed by atoms with Crippen LogP contribution in [0.5, 0.6) is 0 Å². The highest BCUT2D eigenvalue weighted by Gasteiger charge is 2.34. The number of pyridine rings is 1. The Morgan fingerprint density at radius 3 is 1.20 bits per heavy atom. The minimum absolute atomic E-state index is 0.130. The van der Waals surface area contributed by atoms with Crippen LogP contribution in [0.3, 0.4) is 0 Å². The summed E-state index contributed by atoms with van der Waals surface area (Å²) in [5.74, 6) is -0.130. The topological polar surface area (TPSA) is 90.2 Å². The van der Waals surface area contributed by atoms with Crippen molar-refractivity contribution in [3.8, 4) is 55.9 Å². The third-order valence-electron chi connectivity index (χ3n) is 16.7. The molecule has 6 nitrogen and oxygen atoms in total. The molecule has 6 heteroatoms. The van der Waals surface area contributed by atoms with Crippen LogP contribution in [0.15, 0.2) is 140 Å². The Hall–Kier alpha value is -7.96. The van der Waals surface area contributed by atoms with Crippen molar-refractivity contribution >= 4 is 50.9 Å². The van der Waals surface area contributed by atoms with Crippen molar-refractivity contribution in [2.24, 2.45) is 0 Å². The fourth-order valence-electron chi connectivity index (χ4n) is 11.5. The highest BCUT2D eigenvalue weighted by atomic mass is 16.1. The van der Waals surface area contributed by atoms with E-state index in [1.165, 1.54) is 33.4 Å². The number of rotatable bonds is 5. The molecular formula is C76H82N5O+. The summed E-state index contributed by atoms with van der Waals surface area (Å²) in [6.07, 6.45) is 4.28. The van der Waals surface area contributed by atoms with Crippen molar-refractivity contribution in [2.75, 3.05) is 0 Å². The number of hydrogen-bond donors (Lipinski definition) is 3. The van der Waals surface area contributed by atoms with Crippen molar-refractivity contribution in [3.05, 3.63) is 196 Å². The maximum atomic E-state index is 16.5. The van der Waals surface area contributed by atoms with Crippen molar-refractivity contribution in [1.29, 1.82) is 0 Å². The molecule has 0 fully saturated rings. The Morgan fingerprint density at radius 1 is 0.366 bits per heavy atom. The molecule has 2 aliphatic heterocycles. The number of H-pyrrole nitrogens is 3. The second-order valence-electron chi connectivity index (χ2n) is 29.3. The van der Waals surface area contributed by atoms with Crippen molar-refractivity contribution in [1.82, 2.24) is 24.9 Å². The first kappa shape index (κ1) is 55.9. The molecule has 3 N–H and O–H groups in total. The van der Waals surface area contributed by atoms with Gasteiger partial charge < -0.3 is 15.0 Å². The van der Waals surface area contributed by atoms with Gasteiger partial charge in [0.1, 0.15) is 16.6 Å². The molecule has 82 heavy (non-hydrogen) atoms. The zero-order valence-electron chi connectivity index (χ0n) is 51.7. The molecule has 416 valence electrons. The summed E-state index contributed by atoms with van der Waals surface area (Å²) in [6, 6.07) is 50.6. The molecule has 0 saturated heterocycles. The summed E-state index contributed by atoms with van der Waals surface area (Å²) in [5.41, 5.74) is 22.3. The van der Waals surface area contributed by atoms with Gasteiger partial charge in [0, 0.05) is 46.5 Å². The van der Waals surface area contributed by atoms with Gasteiger partial charge >= 0.3 is 0 Å². The van der Waals surface area contributed by atoms with E-state index in [-0.39, 0.29) is 38.3 Å². The van der Waals surface area contributed by atoms with Crippen LogP contribution in [0.25, 0.3) is 101 Å². The standard InChI is InChI=1S/C76H81N5O/c1-71(2,3)49-35-46(36-50(41-49)72(4,5)6)61-55-29-30-56(77-55)62(47-37-51(73(7,8)9)42-52(38-47)74(10,11)12)58-32-34-60(79-58)64-66(44-25-21-19-22-26-44)80-67(45-27-23-20-24-28-45)65-68(64)81-69(70(65)82)63(59-33-31-57(61)78-59)48-39-53(75(13,14)15)43-54(40-48)76(16,17)18/h19-43H,1-18H3,(H2-,77,78,79,80,81,82)/p+1. The van der Waals surface area contributed by atoms with Crippen LogP contribution in [-0.2, 0) is 32.5 Å². The van der Waals surface area contributed by atoms with E-state index in [9.17, 15) is 0 Å². The van der Waals surface area contributed by atoms with Crippen LogP contribution >= 0.6 is 0 Å². The normalized spacial score (nSPS) is 13.5. The third kappa shape index (κ3) is 10.4. The van der Waals surface area contributed by atoms with Gasteiger partial charge in [-0.25, -0.2) is 9.97 Å². The van der Waals surface area contributed by atoms with E-state index >= 15 is 4.79 Å². The van der Waals surface area contributed by atoms with Crippen LogP contribution in [0.1, 0.15) is 185 Å². The van der Waals surface area contributed by atoms with Crippen LogP contribution < -0.4 is 0 Å². The number of hydrogen-bond acceptors (Lipinski definition) is 3. The fourth-order valence-corrected chi connectivity index (χ4v) is 11.5. The Balaban J connectivity index is 1.42. The summed E-state index contributed by atoms with van der Waals surface area (Å²) in [4.78, 5) is 40.0. The maximum Gasteiger partial charge on any atom is 0.214 e. The minimum Gasteiger partial charge on any atom is -0.350 e. The summed E-state index contributed by atoms with van der Waals surface area (Å²) in [7, 11) is 0. The molecule has 2 aliphatic rings. The predicted octanol–water partition coefficient (Wildman–Crippen LogP) is 20.6. The molecule has 0 amide bonds. The molecule has 6 heterocycles. The molecule has 8 bridgehead atoms. The zero-order valence-corrected chi connectivity index (χ0v) is 51.7. The van der Waals surface area contributed by atoms with E-state index in [4.69, 9.17) is 9.97 Å². The lowest BCUT2D eigenvalue weighted by molar-refractivity contribution is 0.104. The van der Waals surface area contributed by atoms with E-state index in [1.807, 2.05) is 24.3 Å². The highest BCUT2D eigenvalue weighted by molar-refractivity contribution is 6.26. The lowest BCUT2D eigenvalue weighted by atomic mass is 9.78. The summed E-state index contributed by atoms with van der Waals surface area (Å²) < 4.78 is 0. The molecule has 0 unspecified atom stereocenters. The number of carbonyl (C=O) groups excluding carboxylic acids is 1. The zero-order chi connectivity index (χ0) is 58.8. The Kier molecular flexibility index (Phi) is 13.4. The van der Waals surface area contributed by atoms with Gasteiger partial charge in [-0.1, -0.05) is 222 Å². The summed E-state index contributed by atoms with van der Waals surface area (Å²) in [6.45, 7) is 41.2. The maximum absolute atomic E-state index is 16.5. The first-order valence-corrected chi connectivity index (χ1v) is 29.3. The Bertz CT molecular complexity index is 4160. The van der Waals surface area contributed by atoms with Gasteiger partial charge in [0.15, 0.2) is 0 Å². The van der Waals surface area contributed by atoms with E-state index in [1.54, 1.807) is 0 Å². The second-order valence-corrected chi connectivity index (χ2v) is 29.3. The van der Waals surface area contributed by atoms with E-state index in [0.29, 0.717) is 28.2 Å². The Morgan fingerprint density at radius 2 is 0.756 bits per heavy atom. The first-order valence-electron chi connectivity index (χ1n) is 29.3. The predicted molar refractivity (Wildman–Crippen MR) is 349 cm³/mol. The largest absolute Gasteiger partial charge is 0.350 e. The lowest BCUT2D eigenvalue weighted by Gasteiger charge is -2.26. The van der Waals surface area contributed by atoms with Gasteiger partial charge in [-0.3, -0.25) is 4.79 Å². The number of aromatic nitrogens is 5. The molecule has 0 saturated carbocycles. The lowest BCUT2D eigenvalue weighted by Crippen LogP contribution is -2.16. The average molecular weight is 1080 g/mol. The van der Waals surface area contributed by atoms with Crippen LogP contribution in [0.4, 0.5) is 0 Å². The Labute approximate surface area is 486 Å². The average Bonchev–Trinajstić information content (AvgIpc) is 2.19. The number of nitrogens with zero attached hydrogens (tertiary/aromatic N) is 2. The second kappa shape index (κ2) is 19.6. The number of benzene rings is 5. The van der Waals surface area contributed by atoms with E-state index < -0.39 is 0 Å². The molecule has 4 aromatic heterocycles. The minimum atomic E-state index is -0.201. The smallest absolute Gasteiger partial charge is 0.214 e. The molecule has 0 atom stereocenters. The SMILES string of the molecule is CC(C)(C)c1cc(-c2c3nc(c4c(-c5ccccc5)nc(-c5ccccc5)c5c4[nH]c(c(-c4cc(C(C)(C)C)cc(C(C)(C)C)c4)c4ccc([nH]4)[c+](-c4cc(C(C)(C)C)cc(C(C)(C)C)c4)c4ccc2[nH]4)C5=O)C=C3)cc(C(C)(C)C)c1. The van der Waals surface area contributed by atoms with E-state index in [2.05, 4.69) is 267 Å². The van der Waals surface area contributed by atoms with Gasteiger partial charge in [-0.05, 0) is 107 Å². The molecule has 0 aliphatic carbocycles. The van der Waals surface area contributed by atoms with Crippen LogP contribution in [0.2, 0.25) is 0 Å². The van der Waals surface area contributed by atoms with Gasteiger partial charge in [-0.2, -0.15) is 0 Å². The monoisotopic (exact) mass is 1080 g/mol. The quantitative estimate of drug-likeness (QED) is 0.150. The van der Waals surface area contributed by atoms with Crippen molar-refractivity contribution in [2.45, 2.75) is 157 Å². The number of aromatic amines is 3. The van der Waals surface area contributed by atoms with Gasteiger partial charge in [-0.15, -0.1) is 0 Å². The van der Waals surface area contributed by atoms with Crippen LogP contribution in [-0.4, -0.2) is 30.7 Å². The summed E-state index contributed by atoms with van der Waals surface area (Å²) in [5, 5.41) is 0.766. The number of ketones is 1. The fraction of sp³-hybridized carbons (Fsp3) is 0.316. The van der Waals surface area contributed by atoms with E-state index in [0.717, 1.165) is 83.3 Å². The summed E-state index contributed by atoms with van der Waals surface area (Å²) >= 11 is 0. The third-order valence-corrected chi connectivity index (χ3v) is 16.7. The number of carbonyl (C=O) groups is 1. The van der Waals surface area contributed by atoms with Gasteiger partial charge in [0.05, 0.1) is 61.5 Å². The van der Waals surface area contributed by atoms with Crippen molar-refractivity contribution in [3.63, 3.8) is 0 Å². The molecular weight excluding hydrogens is 999 g/mol. The first-order chi connectivity index (χ1) is 38.3. The van der Waals surface area contributed by atoms with Gasteiger partial charge in [0.2, 0.25) is 5.78 Å². The van der Waals surface area contributed by atoms with Gasteiger partial charge in [0.25, 0.3) is 0 Å². The molecule has 0 radical (unpaired) electrons. The highest BCUT2D eigenvalue weighted by Crippen LogP contribution is 2.46. The van der Waals surface area contributed by atoms with Crippen LogP contribution in [0, 0.1) is 0 Å². The number of nitrogens with one attached hydrogen (secondary N) is 3. The number of fused-ring (bicyclic) bond motifs is 8. The molecule has 5 aromatic carbocycles. The van der Waals surface area contributed by atoms with Crippen molar-refractivity contribution < 1.29 is 4.79 Å². The molecule has 9 aromatic rings.